The van der Waals surface area contributed by atoms with Crippen LogP contribution in [0.3, 0.4) is 0 Å². The van der Waals surface area contributed by atoms with Gasteiger partial charge in [-0.15, -0.1) is 0 Å². The van der Waals surface area contributed by atoms with E-state index in [-0.39, 0.29) is 25.0 Å². The Hall–Kier alpha value is -1.83. The number of carbonyl (C=O) groups is 1. The highest BCUT2D eigenvalue weighted by Gasteiger charge is 2.65. The Balaban J connectivity index is 2.27. The summed E-state index contributed by atoms with van der Waals surface area (Å²) in [4.78, 5) is 11.9. The molecular formula is C37H61NO5. The Morgan fingerprint density at radius 3 is 2.53 bits per heavy atom. The first-order valence-electron chi connectivity index (χ1n) is 16.6. The second kappa shape index (κ2) is 18.2. The Morgan fingerprint density at radius 2 is 1.91 bits per heavy atom. The molecule has 0 aromatic carbocycles. The SMILES string of the molecule is C=C(C=CC=C(CO)C1CCC2(C(CCCO)C(=C(C)C=O)CCC2(O)CCNC)C1O)CCC=C(C)CCCC(C)C. The molecule has 2 aliphatic rings. The molecule has 0 aromatic heterocycles. The molecule has 2 rings (SSSR count). The molecule has 5 atom stereocenters. The van der Waals surface area contributed by atoms with Crippen LogP contribution in [0, 0.1) is 23.2 Å². The van der Waals surface area contributed by atoms with Gasteiger partial charge in [-0.25, -0.2) is 0 Å². The van der Waals surface area contributed by atoms with E-state index >= 15 is 0 Å². The van der Waals surface area contributed by atoms with Crippen LogP contribution in [-0.2, 0) is 4.79 Å². The van der Waals surface area contributed by atoms with Crippen LogP contribution in [0.4, 0.5) is 0 Å². The van der Waals surface area contributed by atoms with Crippen molar-refractivity contribution in [2.45, 2.75) is 116 Å². The molecule has 0 bridgehead atoms. The first-order chi connectivity index (χ1) is 20.5. The lowest BCUT2D eigenvalue weighted by Crippen LogP contribution is -2.61. The maximum atomic E-state index is 12.3. The van der Waals surface area contributed by atoms with Gasteiger partial charge in [0, 0.05) is 17.9 Å². The third kappa shape index (κ3) is 9.58. The van der Waals surface area contributed by atoms with E-state index < -0.39 is 17.1 Å². The molecule has 244 valence electrons. The van der Waals surface area contributed by atoms with E-state index in [0.717, 1.165) is 48.2 Å². The highest BCUT2D eigenvalue weighted by molar-refractivity contribution is 5.74. The van der Waals surface area contributed by atoms with Crippen molar-refractivity contribution in [1.29, 1.82) is 0 Å². The number of aliphatic hydroxyl groups excluding tert-OH is 3. The number of hydrogen-bond donors (Lipinski definition) is 5. The minimum atomic E-state index is -1.14. The van der Waals surface area contributed by atoms with E-state index in [1.165, 1.54) is 18.4 Å². The molecule has 6 heteroatoms. The fraction of sp³-hybridized carbons (Fsp3) is 0.703. The van der Waals surface area contributed by atoms with Crippen LogP contribution in [-0.4, -0.2) is 65.2 Å². The predicted octanol–water partition coefficient (Wildman–Crippen LogP) is 6.37. The fourth-order valence-corrected chi connectivity index (χ4v) is 7.76. The lowest BCUT2D eigenvalue weighted by Gasteiger charge is -2.57. The normalized spacial score (nSPS) is 29.7. The van der Waals surface area contributed by atoms with Gasteiger partial charge < -0.3 is 25.7 Å². The first-order valence-corrected chi connectivity index (χ1v) is 16.6. The highest BCUT2D eigenvalue weighted by Crippen LogP contribution is 2.63. The quantitative estimate of drug-likeness (QED) is 0.0542. The van der Waals surface area contributed by atoms with E-state index in [1.54, 1.807) is 0 Å². The topological polar surface area (TPSA) is 110 Å². The largest absolute Gasteiger partial charge is 0.396 e. The molecule has 6 nitrogen and oxygen atoms in total. The van der Waals surface area contributed by atoms with Crippen molar-refractivity contribution in [3.8, 4) is 0 Å². The third-order valence-electron chi connectivity index (χ3n) is 10.2. The summed E-state index contributed by atoms with van der Waals surface area (Å²) in [7, 11) is 1.86. The summed E-state index contributed by atoms with van der Waals surface area (Å²) in [6, 6.07) is 0. The number of nitrogens with one attached hydrogen (secondary N) is 1. The average molecular weight is 600 g/mol. The molecule has 1 spiro atoms. The molecular weight excluding hydrogens is 538 g/mol. The summed E-state index contributed by atoms with van der Waals surface area (Å²) in [6.45, 7) is 13.2. The van der Waals surface area contributed by atoms with Crippen LogP contribution in [0.15, 0.2) is 58.7 Å². The fourth-order valence-electron chi connectivity index (χ4n) is 7.76. The van der Waals surface area contributed by atoms with Crippen LogP contribution in [0.2, 0.25) is 0 Å². The Bertz CT molecular complexity index is 1020. The smallest absolute Gasteiger partial charge is 0.145 e. The van der Waals surface area contributed by atoms with Crippen LogP contribution >= 0.6 is 0 Å². The minimum Gasteiger partial charge on any atom is -0.396 e. The van der Waals surface area contributed by atoms with Crippen molar-refractivity contribution in [3.63, 3.8) is 0 Å². The van der Waals surface area contributed by atoms with Crippen molar-refractivity contribution in [2.24, 2.45) is 23.2 Å². The number of carbonyl (C=O) groups excluding carboxylic acids is 1. The van der Waals surface area contributed by atoms with E-state index in [1.807, 2.05) is 32.2 Å². The number of aldehydes is 1. The van der Waals surface area contributed by atoms with E-state index in [4.69, 9.17) is 0 Å². The maximum Gasteiger partial charge on any atom is 0.145 e. The van der Waals surface area contributed by atoms with Gasteiger partial charge in [0.15, 0.2) is 0 Å². The average Bonchev–Trinajstić information content (AvgIpc) is 3.32. The summed E-state index contributed by atoms with van der Waals surface area (Å²) >= 11 is 0. The van der Waals surface area contributed by atoms with Gasteiger partial charge in [0.2, 0.25) is 0 Å². The summed E-state index contributed by atoms with van der Waals surface area (Å²) in [5.41, 5.74) is 2.83. The molecule has 0 saturated heterocycles. The zero-order valence-corrected chi connectivity index (χ0v) is 27.7. The monoisotopic (exact) mass is 599 g/mol. The standard InChI is InChI=1S/C37H61NO5/c1-27(2)11-7-12-28(3)13-8-14-29(4)15-9-16-31(26-41)33-19-21-37(35(33)42)34(17-10-24-39)32(30(5)25-40)18-20-36(37,43)22-23-38-6/h9,13,15-16,25,27,33-35,38-39,41-43H,4,7-8,10-12,14,17-24,26H2,1-3,5-6H3. The molecule has 2 saturated carbocycles. The Morgan fingerprint density at radius 1 is 1.16 bits per heavy atom. The second-order valence-electron chi connectivity index (χ2n) is 13.6. The van der Waals surface area contributed by atoms with Gasteiger partial charge in [0.05, 0.1) is 18.3 Å². The van der Waals surface area contributed by atoms with Crippen LogP contribution in [0.25, 0.3) is 0 Å². The summed E-state index contributed by atoms with van der Waals surface area (Å²) < 4.78 is 0. The second-order valence-corrected chi connectivity index (χ2v) is 13.6. The van der Waals surface area contributed by atoms with Gasteiger partial charge in [-0.05, 0) is 121 Å². The summed E-state index contributed by atoms with van der Waals surface area (Å²) in [5, 5.41) is 47.7. The maximum absolute atomic E-state index is 12.3. The molecule has 2 fully saturated rings. The lowest BCUT2D eigenvalue weighted by atomic mass is 9.51. The van der Waals surface area contributed by atoms with Gasteiger partial charge in [-0.2, -0.15) is 0 Å². The van der Waals surface area contributed by atoms with Crippen molar-refractivity contribution in [2.75, 3.05) is 26.8 Å². The third-order valence-corrected chi connectivity index (χ3v) is 10.2. The molecule has 5 unspecified atom stereocenters. The molecule has 0 radical (unpaired) electrons. The van der Waals surface area contributed by atoms with E-state index in [9.17, 15) is 25.2 Å². The van der Waals surface area contributed by atoms with Crippen molar-refractivity contribution in [3.05, 3.63) is 58.7 Å². The highest BCUT2D eigenvalue weighted by atomic mass is 16.3. The number of rotatable bonds is 18. The van der Waals surface area contributed by atoms with Crippen LogP contribution < -0.4 is 5.32 Å². The van der Waals surface area contributed by atoms with Gasteiger partial charge in [-0.3, -0.25) is 4.79 Å². The number of aliphatic hydroxyl groups is 4. The van der Waals surface area contributed by atoms with Crippen LogP contribution in [0.1, 0.15) is 105 Å². The van der Waals surface area contributed by atoms with Gasteiger partial charge in [-0.1, -0.05) is 67.9 Å². The summed E-state index contributed by atoms with van der Waals surface area (Å²) in [5.74, 6) is 0.205. The zero-order chi connectivity index (χ0) is 32.0. The summed E-state index contributed by atoms with van der Waals surface area (Å²) in [6.07, 6.45) is 17.4. The molecule has 43 heavy (non-hydrogen) atoms. The van der Waals surface area contributed by atoms with E-state index in [0.29, 0.717) is 57.1 Å². The minimum absolute atomic E-state index is 0.0123. The van der Waals surface area contributed by atoms with Gasteiger partial charge in [0.1, 0.15) is 6.29 Å². The van der Waals surface area contributed by atoms with Gasteiger partial charge >= 0.3 is 0 Å². The molecule has 0 heterocycles. The number of allylic oxidation sites excluding steroid dienone is 8. The molecule has 0 aliphatic heterocycles. The Labute approximate surface area is 261 Å². The first kappa shape index (κ1) is 37.4. The molecule has 5 N–H and O–H groups in total. The molecule has 2 aliphatic carbocycles. The van der Waals surface area contributed by atoms with Crippen LogP contribution in [0.5, 0.6) is 0 Å². The predicted molar refractivity (Wildman–Crippen MR) is 178 cm³/mol. The van der Waals surface area contributed by atoms with E-state index in [2.05, 4.69) is 38.7 Å². The molecule has 0 amide bonds. The molecule has 0 aromatic rings. The zero-order valence-electron chi connectivity index (χ0n) is 27.7. The van der Waals surface area contributed by atoms with Crippen molar-refractivity contribution < 1.29 is 25.2 Å². The number of hydrogen-bond acceptors (Lipinski definition) is 6. The Kier molecular flexibility index (Phi) is 15.8. The lowest BCUT2D eigenvalue weighted by molar-refractivity contribution is -0.180. The van der Waals surface area contributed by atoms with Gasteiger partial charge in [0.25, 0.3) is 0 Å². The van der Waals surface area contributed by atoms with Crippen molar-refractivity contribution >= 4 is 6.29 Å². The van der Waals surface area contributed by atoms with Crippen molar-refractivity contribution in [1.82, 2.24) is 5.32 Å².